The Labute approximate surface area is 66.2 Å². The first-order chi connectivity index (χ1) is 5.38. The molecule has 0 aliphatic carbocycles. The lowest BCUT2D eigenvalue weighted by Crippen LogP contribution is -2.12. The minimum absolute atomic E-state index is 0.859. The lowest BCUT2D eigenvalue weighted by molar-refractivity contribution is 1.31. The Morgan fingerprint density at radius 2 is 2.36 bits per heavy atom. The average molecular weight is 149 g/mol. The van der Waals surface area contributed by atoms with Gasteiger partial charge in [-0.15, -0.1) is 0 Å². The highest BCUT2D eigenvalue weighted by Crippen LogP contribution is 2.03. The van der Waals surface area contributed by atoms with E-state index in [-0.39, 0.29) is 0 Å². The molecular formula is C8H11N3. The van der Waals surface area contributed by atoms with Gasteiger partial charge in [-0.1, -0.05) is 6.08 Å². The van der Waals surface area contributed by atoms with Crippen LogP contribution >= 0.6 is 0 Å². The average Bonchev–Trinajstić information content (AvgIpc) is 2.47. The van der Waals surface area contributed by atoms with Gasteiger partial charge < -0.3 is 5.32 Å². The van der Waals surface area contributed by atoms with Crippen molar-refractivity contribution in [2.75, 3.05) is 7.05 Å². The molecule has 1 aliphatic heterocycles. The molecule has 11 heavy (non-hydrogen) atoms. The van der Waals surface area contributed by atoms with Crippen LogP contribution in [0.2, 0.25) is 0 Å². The van der Waals surface area contributed by atoms with Crippen LogP contribution in [0.1, 0.15) is 6.92 Å². The summed E-state index contributed by atoms with van der Waals surface area (Å²) in [5, 5.41) is 3.00. The Morgan fingerprint density at radius 1 is 1.55 bits per heavy atom. The van der Waals surface area contributed by atoms with Crippen molar-refractivity contribution in [3.63, 3.8) is 0 Å². The summed E-state index contributed by atoms with van der Waals surface area (Å²) in [5.41, 5.74) is 1.10. The maximum absolute atomic E-state index is 4.08. The Bertz CT molecular complexity index is 246. The summed E-state index contributed by atoms with van der Waals surface area (Å²) < 4.78 is 0. The molecule has 0 radical (unpaired) electrons. The molecule has 0 aromatic carbocycles. The molecule has 3 nitrogen and oxygen atoms in total. The van der Waals surface area contributed by atoms with Crippen LogP contribution < -0.4 is 5.32 Å². The minimum Gasteiger partial charge on any atom is -0.346 e. The molecule has 1 rings (SSSR count). The van der Waals surface area contributed by atoms with Crippen molar-refractivity contribution < 1.29 is 0 Å². The van der Waals surface area contributed by atoms with Gasteiger partial charge >= 0.3 is 0 Å². The van der Waals surface area contributed by atoms with Crippen molar-refractivity contribution >= 4 is 12.2 Å². The molecule has 1 heterocycles. The second kappa shape index (κ2) is 3.71. The molecule has 58 valence electrons. The highest BCUT2D eigenvalue weighted by atomic mass is 15.0. The first-order valence-electron chi connectivity index (χ1n) is 3.46. The third-order valence-electron chi connectivity index (χ3n) is 1.37. The molecule has 0 aromatic rings. The molecule has 0 unspecified atom stereocenters. The first kappa shape index (κ1) is 7.72. The number of nitrogens with one attached hydrogen (secondary N) is 1. The summed E-state index contributed by atoms with van der Waals surface area (Å²) in [5.74, 6) is 0.859. The Morgan fingerprint density at radius 3 is 3.00 bits per heavy atom. The van der Waals surface area contributed by atoms with Gasteiger partial charge in [0.15, 0.2) is 0 Å². The van der Waals surface area contributed by atoms with Gasteiger partial charge in [-0.25, -0.2) is 4.99 Å². The first-order valence-corrected chi connectivity index (χ1v) is 3.46. The number of aliphatic imine (C=N–C) groups is 2. The van der Waals surface area contributed by atoms with Crippen LogP contribution in [0.25, 0.3) is 0 Å². The predicted octanol–water partition coefficient (Wildman–Crippen LogP) is 1.11. The van der Waals surface area contributed by atoms with E-state index in [2.05, 4.69) is 15.3 Å². The van der Waals surface area contributed by atoms with E-state index in [1.54, 1.807) is 7.05 Å². The Hall–Kier alpha value is -1.38. The van der Waals surface area contributed by atoms with E-state index >= 15 is 0 Å². The molecular weight excluding hydrogens is 138 g/mol. The lowest BCUT2D eigenvalue weighted by atomic mass is 10.2. The Balaban J connectivity index is 2.76. The highest BCUT2D eigenvalue weighted by Gasteiger charge is 2.05. The normalized spacial score (nSPS) is 23.8. The van der Waals surface area contributed by atoms with Gasteiger partial charge in [-0.05, 0) is 13.0 Å². The Kier molecular flexibility index (Phi) is 2.60. The number of hydrogen-bond acceptors (Lipinski definition) is 1. The maximum Gasteiger partial charge on any atom is 0.138 e. The highest BCUT2D eigenvalue weighted by molar-refractivity contribution is 6.06. The molecule has 1 aliphatic rings. The SMILES string of the molecule is C/C=C1/C=CNC1=NC=NC. The van der Waals surface area contributed by atoms with Crippen molar-refractivity contribution in [2.45, 2.75) is 6.92 Å². The lowest BCUT2D eigenvalue weighted by Gasteiger charge is -1.95. The molecule has 0 bridgehead atoms. The van der Waals surface area contributed by atoms with Crippen molar-refractivity contribution in [3.05, 3.63) is 23.9 Å². The van der Waals surface area contributed by atoms with E-state index in [0.29, 0.717) is 0 Å². The topological polar surface area (TPSA) is 36.8 Å². The van der Waals surface area contributed by atoms with Crippen LogP contribution in [0.4, 0.5) is 0 Å². The van der Waals surface area contributed by atoms with Gasteiger partial charge in [0.2, 0.25) is 0 Å². The number of nitrogens with zero attached hydrogens (tertiary/aromatic N) is 2. The molecule has 0 saturated carbocycles. The second-order valence-corrected chi connectivity index (χ2v) is 2.07. The monoisotopic (exact) mass is 149 g/mol. The summed E-state index contributed by atoms with van der Waals surface area (Å²) in [6.07, 6.45) is 7.36. The van der Waals surface area contributed by atoms with Crippen LogP contribution in [-0.4, -0.2) is 19.2 Å². The fourth-order valence-corrected chi connectivity index (χ4v) is 0.833. The van der Waals surface area contributed by atoms with E-state index < -0.39 is 0 Å². The van der Waals surface area contributed by atoms with Gasteiger partial charge in [-0.2, -0.15) is 0 Å². The fraction of sp³-hybridized carbons (Fsp3) is 0.250. The van der Waals surface area contributed by atoms with Crippen molar-refractivity contribution in [3.8, 4) is 0 Å². The van der Waals surface area contributed by atoms with E-state index in [4.69, 9.17) is 0 Å². The van der Waals surface area contributed by atoms with E-state index in [0.717, 1.165) is 11.4 Å². The largest absolute Gasteiger partial charge is 0.346 e. The molecule has 0 fully saturated rings. The molecule has 0 amide bonds. The molecule has 0 spiro atoms. The minimum atomic E-state index is 0.859. The molecule has 1 N–H and O–H groups in total. The molecule has 0 saturated heterocycles. The summed E-state index contributed by atoms with van der Waals surface area (Å²) >= 11 is 0. The van der Waals surface area contributed by atoms with Crippen LogP contribution in [-0.2, 0) is 0 Å². The number of amidine groups is 1. The standard InChI is InChI=1S/C8H11N3/c1-3-7-4-5-10-8(7)11-6-9-2/h3-6H,1-2H3,(H,9,10,11)/b7-3-. The van der Waals surface area contributed by atoms with Gasteiger partial charge in [-0.3, -0.25) is 4.99 Å². The molecule has 3 heteroatoms. The van der Waals surface area contributed by atoms with Crippen molar-refractivity contribution in [2.24, 2.45) is 9.98 Å². The summed E-state index contributed by atoms with van der Waals surface area (Å²) in [4.78, 5) is 7.84. The summed E-state index contributed by atoms with van der Waals surface area (Å²) in [7, 11) is 1.70. The number of hydrogen-bond donors (Lipinski definition) is 1. The zero-order valence-corrected chi connectivity index (χ0v) is 6.70. The predicted molar refractivity (Wildman–Crippen MR) is 47.9 cm³/mol. The third-order valence-corrected chi connectivity index (χ3v) is 1.37. The summed E-state index contributed by atoms with van der Waals surface area (Å²) in [6.45, 7) is 1.98. The zero-order chi connectivity index (χ0) is 8.10. The van der Waals surface area contributed by atoms with Crippen LogP contribution in [0, 0.1) is 0 Å². The van der Waals surface area contributed by atoms with Gasteiger partial charge in [0.25, 0.3) is 0 Å². The van der Waals surface area contributed by atoms with Gasteiger partial charge in [0.1, 0.15) is 12.2 Å². The molecule has 0 aromatic heterocycles. The fourth-order valence-electron chi connectivity index (χ4n) is 0.833. The van der Waals surface area contributed by atoms with Crippen molar-refractivity contribution in [1.82, 2.24) is 5.32 Å². The van der Waals surface area contributed by atoms with E-state index in [9.17, 15) is 0 Å². The van der Waals surface area contributed by atoms with E-state index in [1.165, 1.54) is 6.34 Å². The van der Waals surface area contributed by atoms with E-state index in [1.807, 2.05) is 25.3 Å². The van der Waals surface area contributed by atoms with Gasteiger partial charge in [0.05, 0.1) is 0 Å². The number of allylic oxidation sites excluding steroid dienone is 1. The van der Waals surface area contributed by atoms with Crippen LogP contribution in [0.3, 0.4) is 0 Å². The van der Waals surface area contributed by atoms with Crippen LogP contribution in [0.15, 0.2) is 33.9 Å². The van der Waals surface area contributed by atoms with Gasteiger partial charge in [0, 0.05) is 18.8 Å². The molecule has 0 atom stereocenters. The van der Waals surface area contributed by atoms with Crippen molar-refractivity contribution in [1.29, 1.82) is 0 Å². The van der Waals surface area contributed by atoms with Crippen LogP contribution in [0.5, 0.6) is 0 Å². The maximum atomic E-state index is 4.08. The quantitative estimate of drug-likeness (QED) is 0.440. The zero-order valence-electron chi connectivity index (χ0n) is 6.70. The number of rotatable bonds is 1. The summed E-state index contributed by atoms with van der Waals surface area (Å²) in [6, 6.07) is 0. The third kappa shape index (κ3) is 1.77. The smallest absolute Gasteiger partial charge is 0.138 e. The second-order valence-electron chi connectivity index (χ2n) is 2.07.